The highest BCUT2D eigenvalue weighted by molar-refractivity contribution is 7.16. The van der Waals surface area contributed by atoms with Gasteiger partial charge in [0.05, 0.1) is 22.3 Å². The van der Waals surface area contributed by atoms with Crippen LogP contribution in [-0.4, -0.2) is 69.4 Å². The lowest BCUT2D eigenvalue weighted by atomic mass is 10.0. The zero-order chi connectivity index (χ0) is 27.5. The van der Waals surface area contributed by atoms with Gasteiger partial charge in [-0.05, 0) is 37.5 Å². The minimum Gasteiger partial charge on any atom is -0.480 e. The molecule has 1 aromatic carbocycles. The van der Waals surface area contributed by atoms with Crippen molar-refractivity contribution in [1.29, 1.82) is 0 Å². The maximum Gasteiger partial charge on any atom is 0.328 e. The minimum atomic E-state index is -1.01. The SMILES string of the molecule is CC(C)Cc1sc(N2CCN(C=O)C(C(=O)O)C2)nc1-c1ccc(Cl)c(Cl)c1.CCl.Cc1ncccn1. The quantitative estimate of drug-likeness (QED) is 0.293. The highest BCUT2D eigenvalue weighted by Gasteiger charge is 2.33. The smallest absolute Gasteiger partial charge is 0.328 e. The molecule has 4 rings (SSSR count). The van der Waals surface area contributed by atoms with Gasteiger partial charge in [0.1, 0.15) is 11.9 Å². The molecule has 2 aromatic heterocycles. The van der Waals surface area contributed by atoms with E-state index < -0.39 is 12.0 Å². The van der Waals surface area contributed by atoms with Gasteiger partial charge in [-0.25, -0.2) is 19.7 Å². The van der Waals surface area contributed by atoms with Gasteiger partial charge in [-0.3, -0.25) is 4.79 Å². The van der Waals surface area contributed by atoms with Gasteiger partial charge in [-0.2, -0.15) is 0 Å². The number of rotatable bonds is 6. The molecule has 0 spiro atoms. The molecule has 1 aliphatic rings. The van der Waals surface area contributed by atoms with Gasteiger partial charge >= 0.3 is 5.97 Å². The number of carbonyl (C=O) groups is 2. The molecule has 1 atom stereocenters. The summed E-state index contributed by atoms with van der Waals surface area (Å²) in [5.41, 5.74) is 1.73. The Hall–Kier alpha value is -2.46. The Kier molecular flexibility index (Phi) is 12.5. The van der Waals surface area contributed by atoms with Gasteiger partial charge in [0.15, 0.2) is 5.13 Å². The molecule has 0 radical (unpaired) electrons. The van der Waals surface area contributed by atoms with Crippen molar-refractivity contribution in [3.05, 3.63) is 57.4 Å². The Morgan fingerprint density at radius 3 is 2.38 bits per heavy atom. The first-order valence-electron chi connectivity index (χ1n) is 11.4. The maximum absolute atomic E-state index is 11.5. The fourth-order valence-electron chi connectivity index (χ4n) is 3.54. The number of piperazine rings is 1. The van der Waals surface area contributed by atoms with Crippen molar-refractivity contribution in [2.24, 2.45) is 5.92 Å². The van der Waals surface area contributed by atoms with Crippen molar-refractivity contribution in [2.45, 2.75) is 33.2 Å². The molecular weight excluding hydrogens is 557 g/mol. The molecule has 1 N–H and O–H groups in total. The Labute approximate surface area is 236 Å². The van der Waals surface area contributed by atoms with E-state index in [0.29, 0.717) is 35.5 Å². The second kappa shape index (κ2) is 15.1. The number of halogens is 3. The van der Waals surface area contributed by atoms with Crippen LogP contribution >= 0.6 is 46.1 Å². The number of carboxylic acid groups (broad SMARTS) is 1. The number of anilines is 1. The van der Waals surface area contributed by atoms with Crippen molar-refractivity contribution < 1.29 is 14.7 Å². The molecule has 1 aliphatic heterocycles. The third-order valence-electron chi connectivity index (χ3n) is 5.28. The van der Waals surface area contributed by atoms with Crippen LogP contribution in [0.5, 0.6) is 0 Å². The fourth-order valence-corrected chi connectivity index (χ4v) is 5.17. The monoisotopic (exact) mass is 585 g/mol. The predicted molar refractivity (Wildman–Crippen MR) is 151 cm³/mol. The lowest BCUT2D eigenvalue weighted by Gasteiger charge is -2.37. The molecule has 0 aliphatic carbocycles. The number of aryl methyl sites for hydroxylation is 1. The summed E-state index contributed by atoms with van der Waals surface area (Å²) in [5.74, 6) is 0.247. The zero-order valence-electron chi connectivity index (χ0n) is 21.1. The van der Waals surface area contributed by atoms with Gasteiger partial charge in [-0.1, -0.05) is 43.1 Å². The second-order valence-corrected chi connectivity index (χ2v) is 10.3. The van der Waals surface area contributed by atoms with Gasteiger partial charge in [0, 0.05) is 42.3 Å². The first-order chi connectivity index (χ1) is 17.7. The van der Waals surface area contributed by atoms with Gasteiger partial charge in [0.25, 0.3) is 0 Å². The number of benzene rings is 1. The van der Waals surface area contributed by atoms with Crippen LogP contribution in [0.2, 0.25) is 10.0 Å². The summed E-state index contributed by atoms with van der Waals surface area (Å²) in [6.45, 7) is 7.24. The van der Waals surface area contributed by atoms with E-state index >= 15 is 0 Å². The maximum atomic E-state index is 11.5. The molecule has 37 heavy (non-hydrogen) atoms. The molecule has 200 valence electrons. The van der Waals surface area contributed by atoms with E-state index in [4.69, 9.17) is 28.2 Å². The first-order valence-corrected chi connectivity index (χ1v) is 13.8. The molecule has 3 aromatic rings. The largest absolute Gasteiger partial charge is 0.480 e. The van der Waals surface area contributed by atoms with E-state index in [9.17, 15) is 14.7 Å². The summed E-state index contributed by atoms with van der Waals surface area (Å²) in [7, 11) is 0. The number of aromatic nitrogens is 3. The number of alkyl halides is 1. The summed E-state index contributed by atoms with van der Waals surface area (Å²) in [4.78, 5) is 39.6. The van der Waals surface area contributed by atoms with Crippen molar-refractivity contribution in [3.8, 4) is 11.3 Å². The Bertz CT molecular complexity index is 1160. The van der Waals surface area contributed by atoms with E-state index in [0.717, 1.165) is 33.5 Å². The van der Waals surface area contributed by atoms with Crippen LogP contribution in [0, 0.1) is 12.8 Å². The molecule has 1 fully saturated rings. The Morgan fingerprint density at radius 2 is 1.86 bits per heavy atom. The molecule has 0 saturated carbocycles. The number of nitrogens with zero attached hydrogens (tertiary/aromatic N) is 5. The summed E-state index contributed by atoms with van der Waals surface area (Å²) < 4.78 is 0. The number of hydrogen-bond acceptors (Lipinski definition) is 7. The molecule has 8 nitrogen and oxygen atoms in total. The number of amides is 1. The van der Waals surface area contributed by atoms with Crippen LogP contribution < -0.4 is 4.90 Å². The van der Waals surface area contributed by atoms with E-state index in [-0.39, 0.29) is 6.54 Å². The van der Waals surface area contributed by atoms with E-state index in [1.807, 2.05) is 17.9 Å². The highest BCUT2D eigenvalue weighted by atomic mass is 35.5. The molecule has 0 bridgehead atoms. The van der Waals surface area contributed by atoms with Crippen molar-refractivity contribution in [2.75, 3.05) is 30.9 Å². The summed E-state index contributed by atoms with van der Waals surface area (Å²) >= 11 is 18.4. The third-order valence-corrected chi connectivity index (χ3v) is 7.16. The lowest BCUT2D eigenvalue weighted by Crippen LogP contribution is -2.56. The van der Waals surface area contributed by atoms with Crippen LogP contribution in [0.25, 0.3) is 11.3 Å². The number of aliphatic carboxylic acids is 1. The van der Waals surface area contributed by atoms with Crippen LogP contribution in [0.3, 0.4) is 0 Å². The van der Waals surface area contributed by atoms with Crippen LogP contribution in [-0.2, 0) is 16.0 Å². The predicted octanol–water partition coefficient (Wildman–Crippen LogP) is 5.69. The standard InChI is InChI=1S/C19H21Cl2N3O3S.C5H6N2.CH3Cl/c1-11(2)7-16-17(12-3-4-13(20)14(21)8-12)22-19(28-16)23-5-6-24(10-25)15(9-23)18(26)27;1-5-6-3-2-4-7-5;1-2/h3-4,8,10-11,15H,5-7,9H2,1-2H3,(H,26,27);2-4H,1H3;1H3. The van der Waals surface area contributed by atoms with Crippen molar-refractivity contribution in [3.63, 3.8) is 0 Å². The van der Waals surface area contributed by atoms with Crippen LogP contribution in [0.1, 0.15) is 24.5 Å². The topological polar surface area (TPSA) is 99.5 Å². The lowest BCUT2D eigenvalue weighted by molar-refractivity contribution is -0.146. The number of carbonyl (C=O) groups excluding carboxylic acids is 1. The van der Waals surface area contributed by atoms with E-state index in [1.54, 1.807) is 41.9 Å². The number of hydrogen-bond donors (Lipinski definition) is 1. The minimum absolute atomic E-state index is 0.212. The van der Waals surface area contributed by atoms with Crippen molar-refractivity contribution >= 4 is 63.7 Å². The van der Waals surface area contributed by atoms with Crippen LogP contribution in [0.4, 0.5) is 5.13 Å². The van der Waals surface area contributed by atoms with Gasteiger partial charge in [-0.15, -0.1) is 22.9 Å². The number of thiazole rings is 1. The average Bonchev–Trinajstić information content (AvgIpc) is 3.30. The average molecular weight is 587 g/mol. The summed E-state index contributed by atoms with van der Waals surface area (Å²) in [6, 6.07) is 6.36. The normalized spacial score (nSPS) is 14.9. The molecule has 1 amide bonds. The summed E-state index contributed by atoms with van der Waals surface area (Å²) in [6.07, 6.45) is 6.37. The van der Waals surface area contributed by atoms with E-state index in [1.165, 1.54) is 11.3 Å². The molecule has 1 unspecified atom stereocenters. The highest BCUT2D eigenvalue weighted by Crippen LogP contribution is 2.37. The van der Waals surface area contributed by atoms with Crippen molar-refractivity contribution in [1.82, 2.24) is 19.9 Å². The first kappa shape index (κ1) is 30.8. The third kappa shape index (κ3) is 8.81. The number of carboxylic acids is 1. The van der Waals surface area contributed by atoms with Gasteiger partial charge in [0.2, 0.25) is 6.41 Å². The summed E-state index contributed by atoms with van der Waals surface area (Å²) in [5, 5.41) is 11.2. The Morgan fingerprint density at radius 1 is 1.19 bits per heavy atom. The Balaban J connectivity index is 0.000000455. The molecule has 12 heteroatoms. The molecular formula is C25H30Cl3N5O3S. The van der Waals surface area contributed by atoms with Crippen LogP contribution in [0.15, 0.2) is 36.7 Å². The molecule has 3 heterocycles. The van der Waals surface area contributed by atoms with Gasteiger partial charge < -0.3 is 14.9 Å². The second-order valence-electron chi connectivity index (χ2n) is 8.43. The van der Waals surface area contributed by atoms with E-state index in [2.05, 4.69) is 35.4 Å². The fraction of sp³-hybridized carbons (Fsp3) is 0.400. The zero-order valence-corrected chi connectivity index (χ0v) is 24.2. The molecule has 1 saturated heterocycles.